The van der Waals surface area contributed by atoms with Gasteiger partial charge in [0.1, 0.15) is 24.0 Å². The van der Waals surface area contributed by atoms with Crippen LogP contribution in [0.5, 0.6) is 5.75 Å². The normalized spacial score (nSPS) is 12.1. The van der Waals surface area contributed by atoms with Crippen molar-refractivity contribution in [2.75, 3.05) is 17.8 Å². The first-order chi connectivity index (χ1) is 18.0. The standard InChI is InChI=1S/C30H29ClN4O2/c1-3-5-25(36)14-20-6-4-7-21(13-20)29-34-27-12-19(2)28(37-11-10-31)16-26(27)30(35-29)33-24-9-8-22-17-32-18-23(22)15-24/h4,6-9,12-13,15-16,18H,3,5,10-11,14,17H2,1-2H3,(H,33,34,35). The van der Waals surface area contributed by atoms with Crippen LogP contribution in [0.2, 0.25) is 0 Å². The van der Waals surface area contributed by atoms with E-state index in [1.807, 2.05) is 62.5 Å². The van der Waals surface area contributed by atoms with Crippen molar-refractivity contribution in [3.63, 3.8) is 0 Å². The quantitative estimate of drug-likeness (QED) is 0.236. The van der Waals surface area contributed by atoms with Crippen LogP contribution in [0.1, 0.15) is 42.0 Å². The molecule has 1 aliphatic rings. The number of rotatable bonds is 10. The molecular weight excluding hydrogens is 484 g/mol. The van der Waals surface area contributed by atoms with E-state index in [4.69, 9.17) is 26.3 Å². The number of ether oxygens (including phenoxy) is 1. The van der Waals surface area contributed by atoms with Crippen molar-refractivity contribution in [3.05, 3.63) is 76.9 Å². The number of alkyl halides is 1. The zero-order valence-corrected chi connectivity index (χ0v) is 21.8. The van der Waals surface area contributed by atoms with E-state index in [1.54, 1.807) is 0 Å². The molecule has 2 heterocycles. The molecule has 1 aromatic heterocycles. The van der Waals surface area contributed by atoms with E-state index in [0.29, 0.717) is 43.5 Å². The highest BCUT2D eigenvalue weighted by Crippen LogP contribution is 2.33. The summed E-state index contributed by atoms with van der Waals surface area (Å²) < 4.78 is 5.88. The average molecular weight is 513 g/mol. The molecule has 0 fully saturated rings. The van der Waals surface area contributed by atoms with E-state index in [-0.39, 0.29) is 5.78 Å². The molecule has 0 radical (unpaired) electrons. The van der Waals surface area contributed by atoms with Gasteiger partial charge in [-0.3, -0.25) is 9.79 Å². The minimum atomic E-state index is 0.238. The van der Waals surface area contributed by atoms with Gasteiger partial charge in [0.15, 0.2) is 5.82 Å². The van der Waals surface area contributed by atoms with E-state index in [1.165, 1.54) is 5.56 Å². The third kappa shape index (κ3) is 5.65. The van der Waals surface area contributed by atoms with Crippen LogP contribution < -0.4 is 10.1 Å². The van der Waals surface area contributed by atoms with Crippen LogP contribution >= 0.6 is 11.6 Å². The number of ketones is 1. The smallest absolute Gasteiger partial charge is 0.162 e. The average Bonchev–Trinajstić information content (AvgIpc) is 3.36. The van der Waals surface area contributed by atoms with Gasteiger partial charge in [-0.25, -0.2) is 9.97 Å². The highest BCUT2D eigenvalue weighted by molar-refractivity contribution is 6.18. The molecule has 3 aromatic carbocycles. The molecule has 6 nitrogen and oxygen atoms in total. The van der Waals surface area contributed by atoms with E-state index in [0.717, 1.165) is 51.0 Å². The summed E-state index contributed by atoms with van der Waals surface area (Å²) in [6.07, 6.45) is 3.75. The molecule has 7 heteroatoms. The van der Waals surface area contributed by atoms with Gasteiger partial charge >= 0.3 is 0 Å². The number of aryl methyl sites for hydroxylation is 1. The Kier molecular flexibility index (Phi) is 7.47. The molecule has 0 spiro atoms. The number of nitrogens with zero attached hydrogens (tertiary/aromatic N) is 3. The maximum absolute atomic E-state index is 12.2. The van der Waals surface area contributed by atoms with Crippen LogP contribution in [-0.2, 0) is 17.8 Å². The predicted octanol–water partition coefficient (Wildman–Crippen LogP) is 6.81. The molecule has 0 amide bonds. The van der Waals surface area contributed by atoms with Crippen LogP contribution in [0, 0.1) is 6.92 Å². The van der Waals surface area contributed by atoms with Crippen LogP contribution in [0.4, 0.5) is 11.5 Å². The molecule has 1 N–H and O–H groups in total. The monoisotopic (exact) mass is 512 g/mol. The van der Waals surface area contributed by atoms with E-state index in [2.05, 4.69) is 22.4 Å². The molecule has 1 aliphatic heterocycles. The van der Waals surface area contributed by atoms with Crippen molar-refractivity contribution >= 4 is 46.0 Å². The number of aromatic nitrogens is 2. The largest absolute Gasteiger partial charge is 0.492 e. The predicted molar refractivity (Wildman–Crippen MR) is 151 cm³/mol. The Bertz CT molecular complexity index is 1500. The van der Waals surface area contributed by atoms with Crippen molar-refractivity contribution in [1.29, 1.82) is 0 Å². The first-order valence-electron chi connectivity index (χ1n) is 12.6. The topological polar surface area (TPSA) is 76.5 Å². The summed E-state index contributed by atoms with van der Waals surface area (Å²) >= 11 is 5.86. The molecule has 0 saturated heterocycles. The Balaban J connectivity index is 1.58. The van der Waals surface area contributed by atoms with Crippen LogP contribution in [0.25, 0.3) is 22.3 Å². The number of Topliss-reactive ketones (excluding diaryl/α,β-unsaturated/α-hetero) is 1. The van der Waals surface area contributed by atoms with Crippen LogP contribution in [-0.4, -0.2) is 34.5 Å². The molecular formula is C30H29ClN4O2. The van der Waals surface area contributed by atoms with Crippen LogP contribution in [0.3, 0.4) is 0 Å². The lowest BCUT2D eigenvalue weighted by Crippen LogP contribution is -2.04. The Labute approximate surface area is 221 Å². The lowest BCUT2D eigenvalue weighted by Gasteiger charge is -2.15. The Morgan fingerprint density at radius 3 is 2.84 bits per heavy atom. The number of nitrogens with one attached hydrogen (secondary N) is 1. The maximum Gasteiger partial charge on any atom is 0.162 e. The lowest BCUT2D eigenvalue weighted by molar-refractivity contribution is -0.118. The summed E-state index contributed by atoms with van der Waals surface area (Å²) in [5.74, 6) is 2.67. The van der Waals surface area contributed by atoms with Crippen LogP contribution in [0.15, 0.2) is 59.6 Å². The molecule has 0 aliphatic carbocycles. The van der Waals surface area contributed by atoms with Gasteiger partial charge in [-0.1, -0.05) is 31.2 Å². The van der Waals surface area contributed by atoms with Gasteiger partial charge in [0.05, 0.1) is 17.9 Å². The molecule has 37 heavy (non-hydrogen) atoms. The number of fused-ring (bicyclic) bond motifs is 2. The minimum Gasteiger partial charge on any atom is -0.492 e. The second-order valence-electron chi connectivity index (χ2n) is 9.24. The number of anilines is 2. The summed E-state index contributed by atoms with van der Waals surface area (Å²) in [5, 5.41) is 4.35. The van der Waals surface area contributed by atoms with Gasteiger partial charge < -0.3 is 10.1 Å². The Morgan fingerprint density at radius 2 is 2.00 bits per heavy atom. The number of halogens is 1. The minimum absolute atomic E-state index is 0.238. The van der Waals surface area contributed by atoms with E-state index in [9.17, 15) is 4.79 Å². The van der Waals surface area contributed by atoms with E-state index >= 15 is 0 Å². The molecule has 0 atom stereocenters. The fraction of sp³-hybridized carbons (Fsp3) is 0.267. The third-order valence-electron chi connectivity index (χ3n) is 6.34. The number of aliphatic imine (C=N–C) groups is 1. The van der Waals surface area contributed by atoms with Gasteiger partial charge in [-0.15, -0.1) is 11.6 Å². The highest BCUT2D eigenvalue weighted by atomic mass is 35.5. The van der Waals surface area contributed by atoms with E-state index < -0.39 is 0 Å². The summed E-state index contributed by atoms with van der Waals surface area (Å²) in [7, 11) is 0. The molecule has 188 valence electrons. The number of carbonyl (C=O) groups is 1. The fourth-order valence-corrected chi connectivity index (χ4v) is 4.60. The van der Waals surface area contributed by atoms with Crippen molar-refractivity contribution in [2.45, 2.75) is 39.7 Å². The molecule has 4 aromatic rings. The number of hydrogen-bond donors (Lipinski definition) is 1. The molecule has 0 saturated carbocycles. The van der Waals surface area contributed by atoms with Gasteiger partial charge in [-0.05, 0) is 65.9 Å². The van der Waals surface area contributed by atoms with Crippen molar-refractivity contribution in [2.24, 2.45) is 4.99 Å². The summed E-state index contributed by atoms with van der Waals surface area (Å²) in [5.41, 5.74) is 6.84. The van der Waals surface area contributed by atoms with Gasteiger partial charge in [-0.2, -0.15) is 0 Å². The fourth-order valence-electron chi connectivity index (χ4n) is 4.52. The van der Waals surface area contributed by atoms with Gasteiger partial charge in [0.25, 0.3) is 0 Å². The number of carbonyl (C=O) groups excluding carboxylic acids is 1. The second-order valence-corrected chi connectivity index (χ2v) is 9.62. The van der Waals surface area contributed by atoms with Crippen molar-refractivity contribution in [3.8, 4) is 17.1 Å². The summed E-state index contributed by atoms with van der Waals surface area (Å²) in [4.78, 5) is 26.5. The number of benzene rings is 3. The van der Waals surface area contributed by atoms with Gasteiger partial charge in [0.2, 0.25) is 0 Å². The highest BCUT2D eigenvalue weighted by Gasteiger charge is 2.15. The second kappa shape index (κ2) is 11.1. The first kappa shape index (κ1) is 24.9. The third-order valence-corrected chi connectivity index (χ3v) is 6.50. The zero-order chi connectivity index (χ0) is 25.8. The zero-order valence-electron chi connectivity index (χ0n) is 21.1. The van der Waals surface area contributed by atoms with Crippen molar-refractivity contribution < 1.29 is 9.53 Å². The van der Waals surface area contributed by atoms with Gasteiger partial charge in [0, 0.05) is 35.7 Å². The number of hydrogen-bond acceptors (Lipinski definition) is 6. The molecule has 0 bridgehead atoms. The lowest BCUT2D eigenvalue weighted by atomic mass is 10.0. The summed E-state index contributed by atoms with van der Waals surface area (Å²) in [6, 6.07) is 18.1. The Morgan fingerprint density at radius 1 is 1.11 bits per heavy atom. The maximum atomic E-state index is 12.2. The SMILES string of the molecule is CCCC(=O)Cc1cccc(-c2nc(Nc3ccc4c(c3)C=NC4)c3cc(OCCCl)c(C)cc3n2)c1. The molecule has 5 rings (SSSR count). The summed E-state index contributed by atoms with van der Waals surface area (Å²) in [6.45, 7) is 5.16. The van der Waals surface area contributed by atoms with Crippen molar-refractivity contribution in [1.82, 2.24) is 9.97 Å². The molecule has 0 unspecified atom stereocenters. The Hall–Kier alpha value is -3.77. The first-order valence-corrected chi connectivity index (χ1v) is 13.1.